The quantitative estimate of drug-likeness (QED) is 0.820. The summed E-state index contributed by atoms with van der Waals surface area (Å²) in [5.74, 6) is -0.384. The SMILES string of the molecule is NCc1c(N)ccc(Br)c1OC(F)(F)F. The van der Waals surface area contributed by atoms with Gasteiger partial charge in [0, 0.05) is 17.8 Å². The first-order chi connectivity index (χ1) is 6.85. The van der Waals surface area contributed by atoms with Gasteiger partial charge in [0.1, 0.15) is 5.75 Å². The van der Waals surface area contributed by atoms with E-state index in [4.69, 9.17) is 11.5 Å². The van der Waals surface area contributed by atoms with Crippen molar-refractivity contribution in [1.29, 1.82) is 0 Å². The third-order valence-corrected chi connectivity index (χ3v) is 2.30. The largest absolute Gasteiger partial charge is 0.573 e. The number of benzene rings is 1. The van der Waals surface area contributed by atoms with Gasteiger partial charge in [0.25, 0.3) is 0 Å². The van der Waals surface area contributed by atoms with Gasteiger partial charge in [-0.05, 0) is 28.1 Å². The fourth-order valence-electron chi connectivity index (χ4n) is 1.05. The number of alkyl halides is 3. The fraction of sp³-hybridized carbons (Fsp3) is 0.250. The van der Waals surface area contributed by atoms with E-state index < -0.39 is 6.36 Å². The number of hydrogen-bond donors (Lipinski definition) is 2. The second-order valence-electron chi connectivity index (χ2n) is 2.70. The smallest absolute Gasteiger partial charge is 0.404 e. The monoisotopic (exact) mass is 284 g/mol. The average Bonchev–Trinajstić information content (AvgIpc) is 2.10. The van der Waals surface area contributed by atoms with Crippen LogP contribution in [-0.4, -0.2) is 6.36 Å². The zero-order chi connectivity index (χ0) is 11.6. The molecule has 84 valence electrons. The van der Waals surface area contributed by atoms with E-state index in [-0.39, 0.29) is 28.0 Å². The predicted molar refractivity (Wildman–Crippen MR) is 53.1 cm³/mol. The summed E-state index contributed by atoms with van der Waals surface area (Å²) < 4.78 is 40.1. The molecule has 3 nitrogen and oxygen atoms in total. The summed E-state index contributed by atoms with van der Waals surface area (Å²) in [6.45, 7) is -0.128. The second-order valence-corrected chi connectivity index (χ2v) is 3.55. The molecule has 0 heterocycles. The Morgan fingerprint density at radius 1 is 1.33 bits per heavy atom. The molecule has 1 aromatic rings. The van der Waals surface area contributed by atoms with Crippen molar-refractivity contribution in [2.45, 2.75) is 12.9 Å². The lowest BCUT2D eigenvalue weighted by Crippen LogP contribution is -2.19. The standard InChI is InChI=1S/C8H8BrF3N2O/c9-5-1-2-6(14)4(3-13)7(5)15-8(10,11)12/h1-2H,3,13-14H2. The minimum Gasteiger partial charge on any atom is -0.404 e. The molecule has 0 atom stereocenters. The number of rotatable bonds is 2. The van der Waals surface area contributed by atoms with E-state index in [0.29, 0.717) is 0 Å². The van der Waals surface area contributed by atoms with Crippen LogP contribution in [0, 0.1) is 0 Å². The maximum absolute atomic E-state index is 12.0. The zero-order valence-corrected chi connectivity index (χ0v) is 9.02. The summed E-state index contributed by atoms with van der Waals surface area (Å²) >= 11 is 2.94. The van der Waals surface area contributed by atoms with Crippen LogP contribution < -0.4 is 16.2 Å². The number of nitrogen functional groups attached to an aromatic ring is 1. The van der Waals surface area contributed by atoms with Gasteiger partial charge in [-0.3, -0.25) is 0 Å². The normalized spacial score (nSPS) is 11.5. The Kier molecular flexibility index (Phi) is 3.46. The summed E-state index contributed by atoms with van der Waals surface area (Å²) in [5.41, 5.74) is 11.1. The fourth-order valence-corrected chi connectivity index (χ4v) is 1.50. The lowest BCUT2D eigenvalue weighted by molar-refractivity contribution is -0.275. The van der Waals surface area contributed by atoms with Crippen LogP contribution in [0.1, 0.15) is 5.56 Å². The number of anilines is 1. The molecule has 0 aromatic heterocycles. The number of halogens is 4. The van der Waals surface area contributed by atoms with Gasteiger partial charge in [-0.1, -0.05) is 0 Å². The van der Waals surface area contributed by atoms with Gasteiger partial charge < -0.3 is 16.2 Å². The molecular weight excluding hydrogens is 277 g/mol. The molecule has 15 heavy (non-hydrogen) atoms. The van der Waals surface area contributed by atoms with Crippen LogP contribution >= 0.6 is 15.9 Å². The Bertz CT molecular complexity index is 368. The Morgan fingerprint density at radius 2 is 1.93 bits per heavy atom. The molecule has 7 heteroatoms. The van der Waals surface area contributed by atoms with Gasteiger partial charge in [-0.2, -0.15) is 0 Å². The van der Waals surface area contributed by atoms with Crippen LogP contribution in [0.2, 0.25) is 0 Å². The molecule has 0 aliphatic heterocycles. The van der Waals surface area contributed by atoms with Gasteiger partial charge in [0.15, 0.2) is 0 Å². The van der Waals surface area contributed by atoms with E-state index in [0.717, 1.165) is 0 Å². The van der Waals surface area contributed by atoms with Crippen LogP contribution in [0.15, 0.2) is 16.6 Å². The van der Waals surface area contributed by atoms with E-state index in [1.807, 2.05) is 0 Å². The maximum atomic E-state index is 12.0. The third kappa shape index (κ3) is 3.00. The molecule has 0 saturated carbocycles. The molecule has 0 aliphatic rings. The summed E-state index contributed by atoms with van der Waals surface area (Å²) in [6, 6.07) is 2.82. The third-order valence-electron chi connectivity index (χ3n) is 1.67. The first-order valence-electron chi connectivity index (χ1n) is 3.88. The maximum Gasteiger partial charge on any atom is 0.573 e. The van der Waals surface area contributed by atoms with Crippen molar-refractivity contribution in [3.63, 3.8) is 0 Å². The minimum atomic E-state index is -4.76. The molecule has 0 radical (unpaired) electrons. The summed E-state index contributed by atoms with van der Waals surface area (Å²) in [4.78, 5) is 0. The predicted octanol–water partition coefficient (Wildman–Crippen LogP) is 2.39. The molecule has 0 unspecified atom stereocenters. The zero-order valence-electron chi connectivity index (χ0n) is 7.44. The van der Waals surface area contributed by atoms with Crippen LogP contribution in [-0.2, 0) is 6.54 Å². The van der Waals surface area contributed by atoms with Crippen LogP contribution in [0.5, 0.6) is 5.75 Å². The molecular formula is C8H8BrF3N2O. The Morgan fingerprint density at radius 3 is 2.40 bits per heavy atom. The molecule has 4 N–H and O–H groups in total. The molecule has 0 saturated heterocycles. The van der Waals surface area contributed by atoms with Crippen molar-refractivity contribution >= 4 is 21.6 Å². The van der Waals surface area contributed by atoms with E-state index in [9.17, 15) is 13.2 Å². The molecule has 0 bridgehead atoms. The summed E-state index contributed by atoms with van der Waals surface area (Å²) in [6.07, 6.45) is -4.76. The topological polar surface area (TPSA) is 61.3 Å². The van der Waals surface area contributed by atoms with Crippen LogP contribution in [0.25, 0.3) is 0 Å². The Labute approximate surface area is 92.3 Å². The van der Waals surface area contributed by atoms with Gasteiger partial charge >= 0.3 is 6.36 Å². The first-order valence-corrected chi connectivity index (χ1v) is 4.67. The average molecular weight is 285 g/mol. The van der Waals surface area contributed by atoms with E-state index in [1.165, 1.54) is 12.1 Å². The highest BCUT2D eigenvalue weighted by atomic mass is 79.9. The van der Waals surface area contributed by atoms with Gasteiger partial charge in [0.05, 0.1) is 4.47 Å². The molecule has 0 aliphatic carbocycles. The van der Waals surface area contributed by atoms with Gasteiger partial charge in [-0.25, -0.2) is 0 Å². The molecule has 0 spiro atoms. The number of nitrogens with two attached hydrogens (primary N) is 2. The summed E-state index contributed by atoms with van der Waals surface area (Å²) in [5, 5.41) is 0. The first kappa shape index (κ1) is 12.1. The van der Waals surface area contributed by atoms with Crippen molar-refractivity contribution < 1.29 is 17.9 Å². The van der Waals surface area contributed by atoms with Crippen LogP contribution in [0.4, 0.5) is 18.9 Å². The van der Waals surface area contributed by atoms with E-state index in [2.05, 4.69) is 20.7 Å². The van der Waals surface area contributed by atoms with E-state index >= 15 is 0 Å². The Balaban J connectivity index is 3.20. The van der Waals surface area contributed by atoms with Crippen LogP contribution in [0.3, 0.4) is 0 Å². The lowest BCUT2D eigenvalue weighted by Gasteiger charge is -2.15. The minimum absolute atomic E-state index is 0.127. The van der Waals surface area contributed by atoms with Crippen molar-refractivity contribution in [2.75, 3.05) is 5.73 Å². The molecule has 0 fully saturated rings. The highest BCUT2D eigenvalue weighted by molar-refractivity contribution is 9.10. The van der Waals surface area contributed by atoms with Crippen molar-refractivity contribution in [2.24, 2.45) is 5.73 Å². The highest BCUT2D eigenvalue weighted by Crippen LogP contribution is 2.36. The second kappa shape index (κ2) is 4.28. The van der Waals surface area contributed by atoms with Gasteiger partial charge in [-0.15, -0.1) is 13.2 Å². The summed E-state index contributed by atoms with van der Waals surface area (Å²) in [7, 11) is 0. The molecule has 1 rings (SSSR count). The number of hydrogen-bond acceptors (Lipinski definition) is 3. The highest BCUT2D eigenvalue weighted by Gasteiger charge is 2.33. The van der Waals surface area contributed by atoms with Gasteiger partial charge in [0.2, 0.25) is 0 Å². The van der Waals surface area contributed by atoms with Crippen molar-refractivity contribution in [3.8, 4) is 5.75 Å². The Hall–Kier alpha value is -0.950. The molecule has 1 aromatic carbocycles. The number of ether oxygens (including phenoxy) is 1. The molecule has 0 amide bonds. The van der Waals surface area contributed by atoms with E-state index in [1.54, 1.807) is 0 Å². The lowest BCUT2D eigenvalue weighted by atomic mass is 10.1. The van der Waals surface area contributed by atoms with Crippen molar-refractivity contribution in [1.82, 2.24) is 0 Å². The van der Waals surface area contributed by atoms with Crippen molar-refractivity contribution in [3.05, 3.63) is 22.2 Å².